The van der Waals surface area contributed by atoms with E-state index in [1.807, 2.05) is 13.0 Å². The molecule has 0 aliphatic carbocycles. The summed E-state index contributed by atoms with van der Waals surface area (Å²) >= 11 is 0. The molecule has 0 radical (unpaired) electrons. The first-order chi connectivity index (χ1) is 11.6. The van der Waals surface area contributed by atoms with Crippen molar-refractivity contribution in [2.75, 3.05) is 6.26 Å². The van der Waals surface area contributed by atoms with Gasteiger partial charge in [-0.05, 0) is 67.5 Å². The van der Waals surface area contributed by atoms with Crippen molar-refractivity contribution in [2.24, 2.45) is 0 Å². The van der Waals surface area contributed by atoms with Crippen LogP contribution < -0.4 is 4.18 Å². The predicted molar refractivity (Wildman–Crippen MR) is 104 cm³/mol. The molecule has 2 aromatic carbocycles. The van der Waals surface area contributed by atoms with Gasteiger partial charge >= 0.3 is 10.1 Å². The van der Waals surface area contributed by atoms with Gasteiger partial charge < -0.3 is 4.18 Å². The first kappa shape index (κ1) is 19.5. The molecule has 0 N–H and O–H groups in total. The van der Waals surface area contributed by atoms with Crippen LogP contribution >= 0.6 is 0 Å². The van der Waals surface area contributed by atoms with E-state index in [2.05, 4.69) is 52.0 Å². The molecule has 0 unspecified atom stereocenters. The van der Waals surface area contributed by atoms with Crippen LogP contribution in [0.4, 0.5) is 0 Å². The van der Waals surface area contributed by atoms with E-state index in [1.54, 1.807) is 6.07 Å². The zero-order chi connectivity index (χ0) is 18.8. The number of benzene rings is 2. The van der Waals surface area contributed by atoms with Gasteiger partial charge in [0.1, 0.15) is 5.75 Å². The summed E-state index contributed by atoms with van der Waals surface area (Å²) in [5.74, 6) is 0.396. The molecule has 0 aliphatic rings. The molecule has 4 heteroatoms. The Balaban J connectivity index is 2.57. The lowest BCUT2D eigenvalue weighted by Gasteiger charge is -2.34. The monoisotopic (exact) mass is 360 g/mol. The standard InChI is InChI=1S/C21H28O3S/c1-7-21(8-2,18-10-9-15(3)16(4)13-18)19-11-12-20(17(5)14-19)24-25(6,22)23/h9-14H,7-8H2,1-6H3. The lowest BCUT2D eigenvalue weighted by Crippen LogP contribution is -2.26. The molecular formula is C21H28O3S. The van der Waals surface area contributed by atoms with Gasteiger partial charge in [-0.1, -0.05) is 44.2 Å². The van der Waals surface area contributed by atoms with Crippen LogP contribution in [-0.4, -0.2) is 14.7 Å². The van der Waals surface area contributed by atoms with E-state index in [1.165, 1.54) is 22.3 Å². The molecular weight excluding hydrogens is 332 g/mol. The van der Waals surface area contributed by atoms with Crippen molar-refractivity contribution in [3.05, 3.63) is 64.2 Å². The largest absolute Gasteiger partial charge is 0.382 e. The SMILES string of the molecule is CCC(CC)(c1ccc(C)c(C)c1)c1ccc(OS(C)(=O)=O)c(C)c1. The van der Waals surface area contributed by atoms with Crippen molar-refractivity contribution >= 4 is 10.1 Å². The molecule has 0 amide bonds. The van der Waals surface area contributed by atoms with Crippen molar-refractivity contribution in [3.8, 4) is 5.75 Å². The molecule has 2 rings (SSSR count). The van der Waals surface area contributed by atoms with E-state index >= 15 is 0 Å². The Morgan fingerprint density at radius 2 is 1.36 bits per heavy atom. The van der Waals surface area contributed by atoms with Gasteiger partial charge in [0.25, 0.3) is 0 Å². The minimum absolute atomic E-state index is 0.0904. The zero-order valence-corrected chi connectivity index (χ0v) is 16.8. The summed E-state index contributed by atoms with van der Waals surface area (Å²) in [6, 6.07) is 12.5. The number of hydrogen-bond donors (Lipinski definition) is 0. The van der Waals surface area contributed by atoms with Gasteiger partial charge in [-0.3, -0.25) is 0 Å². The highest BCUT2D eigenvalue weighted by Gasteiger charge is 2.31. The van der Waals surface area contributed by atoms with Crippen molar-refractivity contribution in [1.29, 1.82) is 0 Å². The fourth-order valence-corrected chi connectivity index (χ4v) is 3.99. The highest BCUT2D eigenvalue weighted by molar-refractivity contribution is 7.86. The van der Waals surface area contributed by atoms with E-state index < -0.39 is 10.1 Å². The number of rotatable bonds is 6. The van der Waals surface area contributed by atoms with Crippen LogP contribution in [0.1, 0.15) is 54.5 Å². The Kier molecular flexibility index (Phi) is 5.62. The Labute approximate surface area is 152 Å². The second-order valence-electron chi connectivity index (χ2n) is 6.86. The average molecular weight is 361 g/mol. The van der Waals surface area contributed by atoms with E-state index in [0.717, 1.165) is 24.7 Å². The van der Waals surface area contributed by atoms with Gasteiger partial charge in [0.05, 0.1) is 6.26 Å². The van der Waals surface area contributed by atoms with Crippen LogP contribution in [0.15, 0.2) is 36.4 Å². The molecule has 0 saturated carbocycles. The van der Waals surface area contributed by atoms with Gasteiger partial charge in [-0.2, -0.15) is 8.42 Å². The molecule has 3 nitrogen and oxygen atoms in total. The summed E-state index contributed by atoms with van der Waals surface area (Å²) in [4.78, 5) is 0. The van der Waals surface area contributed by atoms with Gasteiger partial charge in [-0.15, -0.1) is 0 Å². The summed E-state index contributed by atoms with van der Waals surface area (Å²) < 4.78 is 27.9. The Bertz CT molecular complexity index is 863. The number of aryl methyl sites for hydroxylation is 3. The molecule has 0 spiro atoms. The first-order valence-corrected chi connectivity index (χ1v) is 10.5. The fourth-order valence-electron chi connectivity index (χ4n) is 3.48. The Hall–Kier alpha value is -1.81. The van der Waals surface area contributed by atoms with Crippen molar-refractivity contribution < 1.29 is 12.6 Å². The summed E-state index contributed by atoms with van der Waals surface area (Å²) in [5.41, 5.74) is 5.82. The zero-order valence-electron chi connectivity index (χ0n) is 16.0. The Morgan fingerprint density at radius 1 is 0.840 bits per heavy atom. The van der Waals surface area contributed by atoms with Crippen LogP contribution in [0, 0.1) is 20.8 Å². The summed E-state index contributed by atoms with van der Waals surface area (Å²) in [6.07, 6.45) is 3.01. The molecule has 0 bridgehead atoms. The highest BCUT2D eigenvalue weighted by Crippen LogP contribution is 2.40. The maximum Gasteiger partial charge on any atom is 0.306 e. The third-order valence-electron chi connectivity index (χ3n) is 5.24. The van der Waals surface area contributed by atoms with Crippen LogP contribution in [0.2, 0.25) is 0 Å². The van der Waals surface area contributed by atoms with Gasteiger partial charge in [0.15, 0.2) is 0 Å². The molecule has 0 atom stereocenters. The molecule has 136 valence electrons. The van der Waals surface area contributed by atoms with Gasteiger partial charge in [-0.25, -0.2) is 0 Å². The lowest BCUT2D eigenvalue weighted by molar-refractivity contribution is 0.473. The molecule has 0 saturated heterocycles. The van der Waals surface area contributed by atoms with Crippen molar-refractivity contribution in [1.82, 2.24) is 0 Å². The molecule has 0 heterocycles. The normalized spacial score (nSPS) is 12.2. The van der Waals surface area contributed by atoms with Crippen LogP contribution in [0.5, 0.6) is 5.75 Å². The highest BCUT2D eigenvalue weighted by atomic mass is 32.2. The van der Waals surface area contributed by atoms with E-state index in [0.29, 0.717) is 5.75 Å². The minimum atomic E-state index is -3.52. The summed E-state index contributed by atoms with van der Waals surface area (Å²) in [7, 11) is -3.52. The molecule has 25 heavy (non-hydrogen) atoms. The molecule has 0 aliphatic heterocycles. The smallest absolute Gasteiger partial charge is 0.306 e. The second-order valence-corrected chi connectivity index (χ2v) is 8.43. The molecule has 0 aromatic heterocycles. The number of hydrogen-bond acceptors (Lipinski definition) is 3. The minimum Gasteiger partial charge on any atom is -0.382 e. The Morgan fingerprint density at radius 3 is 1.80 bits per heavy atom. The predicted octanol–water partition coefficient (Wildman–Crippen LogP) is 5.06. The summed E-state index contributed by atoms with van der Waals surface area (Å²) in [5, 5.41) is 0. The van der Waals surface area contributed by atoms with Crippen LogP contribution in [0.3, 0.4) is 0 Å². The maximum atomic E-state index is 11.4. The van der Waals surface area contributed by atoms with Gasteiger partial charge in [0.2, 0.25) is 0 Å². The van der Waals surface area contributed by atoms with Crippen molar-refractivity contribution in [2.45, 2.75) is 52.9 Å². The quantitative estimate of drug-likeness (QED) is 0.677. The van der Waals surface area contributed by atoms with E-state index in [4.69, 9.17) is 4.18 Å². The topological polar surface area (TPSA) is 43.4 Å². The van der Waals surface area contributed by atoms with E-state index in [9.17, 15) is 8.42 Å². The third-order valence-corrected chi connectivity index (χ3v) is 5.72. The van der Waals surface area contributed by atoms with Crippen molar-refractivity contribution in [3.63, 3.8) is 0 Å². The van der Waals surface area contributed by atoms with Crippen LogP contribution in [0.25, 0.3) is 0 Å². The van der Waals surface area contributed by atoms with Gasteiger partial charge in [0, 0.05) is 5.41 Å². The molecule has 2 aromatic rings. The first-order valence-electron chi connectivity index (χ1n) is 8.71. The molecule has 0 fully saturated rings. The second kappa shape index (κ2) is 7.20. The van der Waals surface area contributed by atoms with Crippen LogP contribution in [-0.2, 0) is 15.5 Å². The average Bonchev–Trinajstić information content (AvgIpc) is 2.53. The third kappa shape index (κ3) is 4.06. The van der Waals surface area contributed by atoms with E-state index in [-0.39, 0.29) is 5.41 Å². The lowest BCUT2D eigenvalue weighted by atomic mass is 9.70. The fraction of sp³-hybridized carbons (Fsp3) is 0.429. The maximum absolute atomic E-state index is 11.4. The summed E-state index contributed by atoms with van der Waals surface area (Å²) in [6.45, 7) is 10.6.